The SMILES string of the molecule is C.C.Clc1ncc2oc3ccccc3c2n1.c1ccc(-n2c3ccccc3c3cc(-c4ccc5c6ccccc6n(-c6ncc7oc8ccccc8c7n6)c5c4)ccc32)cc1. The predicted molar refractivity (Wildman–Crippen MR) is 251 cm³/mol. The van der Waals surface area contributed by atoms with Gasteiger partial charge in [-0.05, 0) is 89.5 Å². The average Bonchev–Trinajstić information content (AvgIpc) is 4.04. The van der Waals surface area contributed by atoms with Crippen molar-refractivity contribution in [2.45, 2.75) is 14.9 Å². The fourth-order valence-corrected chi connectivity index (χ4v) is 8.60. The van der Waals surface area contributed by atoms with Gasteiger partial charge in [0.25, 0.3) is 0 Å². The lowest BCUT2D eigenvalue weighted by atomic mass is 10.0. The second-order valence-corrected chi connectivity index (χ2v) is 14.8. The van der Waals surface area contributed by atoms with E-state index in [1.807, 2.05) is 48.5 Å². The fraction of sp³-hybridized carbons (Fsp3) is 0.0385. The van der Waals surface area contributed by atoms with Crippen molar-refractivity contribution in [3.05, 3.63) is 181 Å². The Kier molecular flexibility index (Phi) is 9.08. The molecule has 294 valence electrons. The Morgan fingerprint density at radius 2 is 0.902 bits per heavy atom. The van der Waals surface area contributed by atoms with Crippen LogP contribution in [0.2, 0.25) is 5.28 Å². The van der Waals surface area contributed by atoms with E-state index in [2.05, 4.69) is 134 Å². The third-order valence-electron chi connectivity index (χ3n) is 11.1. The summed E-state index contributed by atoms with van der Waals surface area (Å²) in [4.78, 5) is 17.9. The largest absolute Gasteiger partial charge is 0.453 e. The van der Waals surface area contributed by atoms with Gasteiger partial charge in [-0.25, -0.2) is 19.9 Å². The molecule has 6 aromatic heterocycles. The van der Waals surface area contributed by atoms with E-state index in [-0.39, 0.29) is 20.1 Å². The number of nitrogens with zero attached hydrogens (tertiary/aromatic N) is 6. The molecule has 7 aromatic carbocycles. The zero-order valence-electron chi connectivity index (χ0n) is 31.1. The van der Waals surface area contributed by atoms with E-state index < -0.39 is 0 Å². The maximum Gasteiger partial charge on any atom is 0.235 e. The standard InChI is InChI=1S/C40H24N4O.C10H5ClN2O.2CH4/c1-2-10-27(11-3-1)43-33-15-7-5-13-29(33)32-22-25(19-21-35(32)43)26-18-20-30-28-12-4-8-16-34(28)44(36(30)23-26)40-41-24-38-39(42-40)31-14-6-9-17-37(31)45-38;11-10-12-5-8-9(13-10)6-3-1-2-4-7(6)14-8;;/h1-24H;1-5H;2*1H4. The number of furan rings is 2. The van der Waals surface area contributed by atoms with E-state index in [1.165, 1.54) is 27.2 Å². The van der Waals surface area contributed by atoms with Crippen LogP contribution in [0.5, 0.6) is 0 Å². The van der Waals surface area contributed by atoms with Gasteiger partial charge >= 0.3 is 0 Å². The number of para-hydroxylation sites is 5. The second-order valence-electron chi connectivity index (χ2n) is 14.4. The molecule has 13 rings (SSSR count). The van der Waals surface area contributed by atoms with Crippen molar-refractivity contribution in [2.75, 3.05) is 0 Å². The van der Waals surface area contributed by atoms with Crippen molar-refractivity contribution in [3.8, 4) is 22.8 Å². The molecule has 0 saturated heterocycles. The topological polar surface area (TPSA) is 87.7 Å². The maximum atomic E-state index is 6.04. The minimum atomic E-state index is 0. The molecule has 9 heteroatoms. The van der Waals surface area contributed by atoms with Crippen LogP contribution in [0.1, 0.15) is 14.9 Å². The summed E-state index contributed by atoms with van der Waals surface area (Å²) in [5.74, 6) is 0.624. The van der Waals surface area contributed by atoms with E-state index in [1.54, 1.807) is 12.4 Å². The van der Waals surface area contributed by atoms with Crippen LogP contribution >= 0.6 is 11.6 Å². The Hall–Kier alpha value is -7.81. The minimum absolute atomic E-state index is 0. The third-order valence-corrected chi connectivity index (χ3v) is 11.3. The summed E-state index contributed by atoms with van der Waals surface area (Å²) < 4.78 is 16.1. The molecule has 0 radical (unpaired) electrons. The highest BCUT2D eigenvalue weighted by Gasteiger charge is 2.18. The lowest BCUT2D eigenvalue weighted by molar-refractivity contribution is 0.665. The number of aromatic nitrogens is 6. The Labute approximate surface area is 354 Å². The van der Waals surface area contributed by atoms with Crippen molar-refractivity contribution in [1.29, 1.82) is 0 Å². The van der Waals surface area contributed by atoms with E-state index >= 15 is 0 Å². The van der Waals surface area contributed by atoms with Gasteiger partial charge in [-0.1, -0.05) is 112 Å². The number of rotatable bonds is 3. The molecule has 0 amide bonds. The smallest absolute Gasteiger partial charge is 0.235 e. The summed E-state index contributed by atoms with van der Waals surface area (Å²) in [6.07, 6.45) is 3.38. The average molecular weight is 813 g/mol. The number of hydrogen-bond donors (Lipinski definition) is 0. The molecule has 0 saturated carbocycles. The van der Waals surface area contributed by atoms with Crippen LogP contribution in [0.15, 0.2) is 185 Å². The maximum absolute atomic E-state index is 6.04. The molecule has 13 aromatic rings. The molecule has 6 heterocycles. The first kappa shape index (κ1) is 37.5. The molecule has 0 bridgehead atoms. The van der Waals surface area contributed by atoms with Gasteiger partial charge in [0.15, 0.2) is 11.2 Å². The van der Waals surface area contributed by atoms with Crippen molar-refractivity contribution in [1.82, 2.24) is 29.1 Å². The second kappa shape index (κ2) is 14.8. The number of hydrogen-bond acceptors (Lipinski definition) is 6. The molecule has 0 fully saturated rings. The van der Waals surface area contributed by atoms with Gasteiger partial charge in [0.05, 0.1) is 34.5 Å². The normalized spacial score (nSPS) is 11.4. The fourth-order valence-electron chi connectivity index (χ4n) is 8.47. The summed E-state index contributed by atoms with van der Waals surface area (Å²) in [5, 5.41) is 6.99. The Bertz CT molecular complexity index is 3770. The van der Waals surface area contributed by atoms with Gasteiger partial charge < -0.3 is 13.4 Å². The van der Waals surface area contributed by atoms with Crippen LogP contribution in [-0.2, 0) is 0 Å². The molecule has 0 aliphatic rings. The van der Waals surface area contributed by atoms with Crippen molar-refractivity contribution in [2.24, 2.45) is 0 Å². The van der Waals surface area contributed by atoms with E-state index in [4.69, 9.17) is 30.4 Å². The van der Waals surface area contributed by atoms with Gasteiger partial charge in [-0.2, -0.15) is 0 Å². The van der Waals surface area contributed by atoms with Gasteiger partial charge in [0.2, 0.25) is 11.2 Å². The minimum Gasteiger partial charge on any atom is -0.453 e. The highest BCUT2D eigenvalue weighted by molar-refractivity contribution is 6.28. The summed E-state index contributed by atoms with van der Waals surface area (Å²) in [6.45, 7) is 0. The van der Waals surface area contributed by atoms with Crippen LogP contribution in [0.3, 0.4) is 0 Å². The lowest BCUT2D eigenvalue weighted by Crippen LogP contribution is -2.00. The van der Waals surface area contributed by atoms with Crippen LogP contribution < -0.4 is 0 Å². The molecule has 0 aliphatic heterocycles. The van der Waals surface area contributed by atoms with Gasteiger partial charge in [-0.3, -0.25) is 4.57 Å². The van der Waals surface area contributed by atoms with Crippen molar-refractivity contribution in [3.63, 3.8) is 0 Å². The van der Waals surface area contributed by atoms with Gasteiger partial charge in [0, 0.05) is 38.0 Å². The summed E-state index contributed by atoms with van der Waals surface area (Å²) in [5.41, 5.74) is 12.5. The summed E-state index contributed by atoms with van der Waals surface area (Å²) in [7, 11) is 0. The van der Waals surface area contributed by atoms with Crippen LogP contribution in [0.4, 0.5) is 0 Å². The molecule has 0 aliphatic carbocycles. The molecular formula is C52H37ClN6O2. The van der Waals surface area contributed by atoms with Crippen molar-refractivity contribution >= 4 is 99.4 Å². The molecule has 61 heavy (non-hydrogen) atoms. The molecular weight excluding hydrogens is 776 g/mol. The van der Waals surface area contributed by atoms with Crippen molar-refractivity contribution < 1.29 is 8.83 Å². The molecule has 0 unspecified atom stereocenters. The van der Waals surface area contributed by atoms with Gasteiger partial charge in [-0.15, -0.1) is 0 Å². The molecule has 0 atom stereocenters. The zero-order chi connectivity index (χ0) is 39.0. The number of fused-ring (bicyclic) bond motifs is 12. The highest BCUT2D eigenvalue weighted by atomic mass is 35.5. The monoisotopic (exact) mass is 812 g/mol. The van der Waals surface area contributed by atoms with Crippen LogP contribution in [0, 0.1) is 0 Å². The quantitative estimate of drug-likeness (QED) is 0.165. The third kappa shape index (κ3) is 5.99. The summed E-state index contributed by atoms with van der Waals surface area (Å²) in [6, 6.07) is 56.9. The predicted octanol–water partition coefficient (Wildman–Crippen LogP) is 14.5. The van der Waals surface area contributed by atoms with E-state index in [0.717, 1.165) is 66.2 Å². The Morgan fingerprint density at radius 3 is 1.61 bits per heavy atom. The number of benzene rings is 7. The highest BCUT2D eigenvalue weighted by Crippen LogP contribution is 2.38. The molecule has 8 nitrogen and oxygen atoms in total. The number of halogens is 1. The summed E-state index contributed by atoms with van der Waals surface area (Å²) >= 11 is 5.71. The van der Waals surface area contributed by atoms with Crippen LogP contribution in [0.25, 0.3) is 111 Å². The van der Waals surface area contributed by atoms with Crippen LogP contribution in [-0.4, -0.2) is 29.1 Å². The zero-order valence-corrected chi connectivity index (χ0v) is 31.9. The van der Waals surface area contributed by atoms with E-state index in [9.17, 15) is 0 Å². The molecule has 0 N–H and O–H groups in total. The first-order chi connectivity index (χ1) is 29.2. The van der Waals surface area contributed by atoms with E-state index in [0.29, 0.717) is 17.1 Å². The first-order valence-corrected chi connectivity index (χ1v) is 19.6. The van der Waals surface area contributed by atoms with Gasteiger partial charge in [0.1, 0.15) is 22.2 Å². The Morgan fingerprint density at radius 1 is 0.393 bits per heavy atom. The lowest BCUT2D eigenvalue weighted by Gasteiger charge is -2.09. The molecule has 0 spiro atoms. The Balaban J connectivity index is 0.000000236. The first-order valence-electron chi connectivity index (χ1n) is 19.2.